The molecule has 0 fully saturated rings. The molecule has 1 aromatic carbocycles. The van der Waals surface area contributed by atoms with Crippen LogP contribution in [0.5, 0.6) is 0 Å². The molecule has 4 nitrogen and oxygen atoms in total. The van der Waals surface area contributed by atoms with E-state index >= 15 is 0 Å². The van der Waals surface area contributed by atoms with Gasteiger partial charge < -0.3 is 9.84 Å². The smallest absolute Gasteiger partial charge is 0.155 e. The van der Waals surface area contributed by atoms with Crippen LogP contribution in [0.4, 0.5) is 5.69 Å². The van der Waals surface area contributed by atoms with E-state index in [2.05, 4.69) is 16.5 Å². The van der Waals surface area contributed by atoms with Gasteiger partial charge in [0.1, 0.15) is 6.07 Å². The number of rotatable bonds is 3. The van der Waals surface area contributed by atoms with Gasteiger partial charge in [-0.05, 0) is 24.6 Å². The predicted molar refractivity (Wildman–Crippen MR) is 59.7 cm³/mol. The van der Waals surface area contributed by atoms with Crippen molar-refractivity contribution in [1.29, 1.82) is 5.26 Å². The molecular weight excluding hydrogens is 202 g/mol. The van der Waals surface area contributed by atoms with Gasteiger partial charge in [0.25, 0.3) is 0 Å². The first kappa shape index (κ1) is 10.2. The first-order valence-corrected chi connectivity index (χ1v) is 4.94. The second-order valence-corrected chi connectivity index (χ2v) is 3.49. The highest BCUT2D eigenvalue weighted by atomic mass is 16.5. The van der Waals surface area contributed by atoms with Gasteiger partial charge in [-0.25, -0.2) is 0 Å². The van der Waals surface area contributed by atoms with Crippen molar-refractivity contribution in [2.45, 2.75) is 13.5 Å². The highest BCUT2D eigenvalue weighted by Gasteiger charge is 2.03. The molecular formula is C12H11N3O. The van der Waals surface area contributed by atoms with Crippen LogP contribution in [0.1, 0.15) is 16.9 Å². The molecule has 2 rings (SSSR count). The van der Waals surface area contributed by atoms with Crippen molar-refractivity contribution in [1.82, 2.24) is 5.16 Å². The van der Waals surface area contributed by atoms with Gasteiger partial charge in [0.15, 0.2) is 5.76 Å². The summed E-state index contributed by atoms with van der Waals surface area (Å²) in [6, 6.07) is 9.65. The lowest BCUT2D eigenvalue weighted by atomic mass is 10.1. The van der Waals surface area contributed by atoms with E-state index in [9.17, 15) is 0 Å². The first-order valence-electron chi connectivity index (χ1n) is 4.94. The van der Waals surface area contributed by atoms with Crippen molar-refractivity contribution in [3.8, 4) is 6.07 Å². The van der Waals surface area contributed by atoms with E-state index in [1.54, 1.807) is 12.3 Å². The van der Waals surface area contributed by atoms with E-state index in [1.807, 2.05) is 25.1 Å². The second kappa shape index (κ2) is 4.49. The molecule has 0 aliphatic heterocycles. The summed E-state index contributed by atoms with van der Waals surface area (Å²) in [5, 5.41) is 15.7. The average molecular weight is 213 g/mol. The molecule has 0 aliphatic rings. The van der Waals surface area contributed by atoms with Gasteiger partial charge in [-0.1, -0.05) is 11.2 Å². The van der Waals surface area contributed by atoms with Crippen molar-refractivity contribution in [2.75, 3.05) is 5.32 Å². The third-order valence-corrected chi connectivity index (χ3v) is 2.24. The number of nitrogens with one attached hydrogen (secondary N) is 1. The van der Waals surface area contributed by atoms with Gasteiger partial charge in [0.2, 0.25) is 0 Å². The summed E-state index contributed by atoms with van der Waals surface area (Å²) < 4.78 is 4.96. The summed E-state index contributed by atoms with van der Waals surface area (Å²) >= 11 is 0. The topological polar surface area (TPSA) is 61.9 Å². The van der Waals surface area contributed by atoms with Crippen molar-refractivity contribution in [2.24, 2.45) is 0 Å². The lowest BCUT2D eigenvalue weighted by Gasteiger charge is -2.06. The second-order valence-electron chi connectivity index (χ2n) is 3.49. The standard InChI is InChI=1S/C12H11N3O/c1-9-2-3-12(10(6-9)7-13)14-8-11-4-5-15-16-11/h2-6,14H,8H2,1H3. The highest BCUT2D eigenvalue weighted by Crippen LogP contribution is 2.17. The van der Waals surface area contributed by atoms with Gasteiger partial charge >= 0.3 is 0 Å². The van der Waals surface area contributed by atoms with Crippen molar-refractivity contribution in [3.63, 3.8) is 0 Å². The summed E-state index contributed by atoms with van der Waals surface area (Å²) in [4.78, 5) is 0. The van der Waals surface area contributed by atoms with Crippen LogP contribution in [0.15, 0.2) is 35.0 Å². The van der Waals surface area contributed by atoms with Crippen LogP contribution < -0.4 is 5.32 Å². The minimum atomic E-state index is 0.526. The van der Waals surface area contributed by atoms with Gasteiger partial charge in [0, 0.05) is 6.07 Å². The van der Waals surface area contributed by atoms with E-state index in [-0.39, 0.29) is 0 Å². The van der Waals surface area contributed by atoms with Crippen LogP contribution in [-0.4, -0.2) is 5.16 Å². The number of nitrogens with zero attached hydrogens (tertiary/aromatic N) is 2. The lowest BCUT2D eigenvalue weighted by Crippen LogP contribution is -2.00. The molecule has 0 saturated carbocycles. The molecule has 16 heavy (non-hydrogen) atoms. The van der Waals surface area contributed by atoms with E-state index in [0.717, 1.165) is 17.0 Å². The number of aromatic nitrogens is 1. The quantitative estimate of drug-likeness (QED) is 0.850. The fraction of sp³-hybridized carbons (Fsp3) is 0.167. The van der Waals surface area contributed by atoms with E-state index < -0.39 is 0 Å². The summed E-state index contributed by atoms with van der Waals surface area (Å²) in [5.74, 6) is 0.740. The van der Waals surface area contributed by atoms with Crippen molar-refractivity contribution >= 4 is 5.69 Å². The zero-order valence-electron chi connectivity index (χ0n) is 8.90. The fourth-order valence-corrected chi connectivity index (χ4v) is 1.42. The van der Waals surface area contributed by atoms with Crippen LogP contribution in [0.2, 0.25) is 0 Å². The average Bonchev–Trinajstić information content (AvgIpc) is 2.80. The zero-order chi connectivity index (χ0) is 11.4. The number of hydrogen-bond donors (Lipinski definition) is 1. The Kier molecular flexibility index (Phi) is 2.88. The molecule has 0 radical (unpaired) electrons. The van der Waals surface area contributed by atoms with Crippen LogP contribution in [-0.2, 0) is 6.54 Å². The largest absolute Gasteiger partial charge is 0.377 e. The maximum Gasteiger partial charge on any atom is 0.155 e. The molecule has 0 aliphatic carbocycles. The van der Waals surface area contributed by atoms with Gasteiger partial charge in [-0.3, -0.25) is 0 Å². The Morgan fingerprint density at radius 1 is 1.44 bits per heavy atom. The lowest BCUT2D eigenvalue weighted by molar-refractivity contribution is 0.388. The number of nitriles is 1. The van der Waals surface area contributed by atoms with Crippen molar-refractivity contribution < 1.29 is 4.52 Å². The Bertz CT molecular complexity index is 512. The van der Waals surface area contributed by atoms with Crippen LogP contribution in [0.3, 0.4) is 0 Å². The number of hydrogen-bond acceptors (Lipinski definition) is 4. The molecule has 1 heterocycles. The summed E-state index contributed by atoms with van der Waals surface area (Å²) in [6.45, 7) is 2.48. The van der Waals surface area contributed by atoms with E-state index in [4.69, 9.17) is 9.78 Å². The normalized spacial score (nSPS) is 9.75. The van der Waals surface area contributed by atoms with Crippen LogP contribution >= 0.6 is 0 Å². The molecule has 0 amide bonds. The Labute approximate surface area is 93.5 Å². The zero-order valence-corrected chi connectivity index (χ0v) is 8.90. The Morgan fingerprint density at radius 3 is 3.00 bits per heavy atom. The molecule has 0 saturated heterocycles. The fourth-order valence-electron chi connectivity index (χ4n) is 1.42. The summed E-state index contributed by atoms with van der Waals surface area (Å²) in [5.41, 5.74) is 2.52. The van der Waals surface area contributed by atoms with Gasteiger partial charge in [-0.15, -0.1) is 0 Å². The van der Waals surface area contributed by atoms with E-state index in [0.29, 0.717) is 12.1 Å². The molecule has 0 atom stereocenters. The van der Waals surface area contributed by atoms with Crippen molar-refractivity contribution in [3.05, 3.63) is 47.3 Å². The van der Waals surface area contributed by atoms with E-state index in [1.165, 1.54) is 0 Å². The maximum atomic E-state index is 8.97. The van der Waals surface area contributed by atoms with Crippen LogP contribution in [0.25, 0.3) is 0 Å². The maximum absolute atomic E-state index is 8.97. The minimum Gasteiger partial charge on any atom is -0.377 e. The summed E-state index contributed by atoms with van der Waals surface area (Å²) in [6.07, 6.45) is 1.59. The molecule has 0 unspecified atom stereocenters. The first-order chi connectivity index (χ1) is 7.79. The molecule has 80 valence electrons. The third-order valence-electron chi connectivity index (χ3n) is 2.24. The Hall–Kier alpha value is -2.28. The number of anilines is 1. The predicted octanol–water partition coefficient (Wildman–Crippen LogP) is 2.47. The molecule has 1 aromatic heterocycles. The highest BCUT2D eigenvalue weighted by molar-refractivity contribution is 5.58. The SMILES string of the molecule is Cc1ccc(NCc2ccno2)c(C#N)c1. The third kappa shape index (κ3) is 2.20. The molecule has 4 heteroatoms. The monoisotopic (exact) mass is 213 g/mol. The Balaban J connectivity index is 2.13. The number of aryl methyl sites for hydroxylation is 1. The minimum absolute atomic E-state index is 0.526. The molecule has 0 spiro atoms. The van der Waals surface area contributed by atoms with Gasteiger partial charge in [0.05, 0.1) is 24.0 Å². The summed E-state index contributed by atoms with van der Waals surface area (Å²) in [7, 11) is 0. The van der Waals surface area contributed by atoms with Crippen LogP contribution in [0, 0.1) is 18.3 Å². The molecule has 2 aromatic rings. The van der Waals surface area contributed by atoms with Gasteiger partial charge in [-0.2, -0.15) is 5.26 Å². The number of benzene rings is 1. The Morgan fingerprint density at radius 2 is 2.31 bits per heavy atom. The molecule has 1 N–H and O–H groups in total. The molecule has 0 bridgehead atoms.